The summed E-state index contributed by atoms with van der Waals surface area (Å²) in [7, 11) is -27.5. The number of hydrogen-bond acceptors (Lipinski definition) is 23. The van der Waals surface area contributed by atoms with Gasteiger partial charge in [-0.2, -0.15) is 0 Å². The average Bonchev–Trinajstić information content (AvgIpc) is 4.27. The van der Waals surface area contributed by atoms with Gasteiger partial charge in [-0.1, -0.05) is 0 Å². The van der Waals surface area contributed by atoms with E-state index in [0.717, 1.165) is 24.5 Å². The zero-order chi connectivity index (χ0) is 62.3. The quantitative estimate of drug-likeness (QED) is 0.0745. The SMILES string of the molecule is Cn1cc(C(=O)Nc2cc(C(=O)Nc3cc4cc(S(=O)(=O)[O-])cc(S(=O)(=O)[O-])c4cc3S(=O)(=O)[O-])cn2C)cc1NC(=O)Nc1cc(C(=O)Nc2cc(C(=O)Nc3cc4cc(S(=O)(=O)[O-])cc(S(=O)(=O)[O-])c4cc3S(=O)(=O)[O-])cn2C)cn1C. The van der Waals surface area contributed by atoms with Crippen LogP contribution in [-0.4, -0.2) is 126 Å². The largest absolute Gasteiger partial charge is 0.744 e. The number of nitrogens with one attached hydrogen (secondary N) is 6. The maximum Gasteiger partial charge on any atom is 0.325 e. The molecule has 0 spiro atoms. The molecule has 33 nitrogen and oxygen atoms in total. The molecule has 0 aliphatic rings. The molecule has 0 unspecified atom stereocenters. The summed E-state index contributed by atoms with van der Waals surface area (Å²) in [6.07, 6.45) is 4.89. The Morgan fingerprint density at radius 3 is 0.845 bits per heavy atom. The van der Waals surface area contributed by atoms with Crippen LogP contribution < -0.4 is 31.9 Å². The van der Waals surface area contributed by atoms with Crippen molar-refractivity contribution >= 4 is 147 Å². The lowest BCUT2D eigenvalue weighted by atomic mass is 10.1. The van der Waals surface area contributed by atoms with E-state index in [0.29, 0.717) is 36.4 Å². The van der Waals surface area contributed by atoms with Crippen LogP contribution in [-0.2, 0) is 88.9 Å². The number of aryl methyl sites for hydroxylation is 4. The zero-order valence-electron chi connectivity index (χ0n) is 42.4. The van der Waals surface area contributed by atoms with Gasteiger partial charge in [-0.15, -0.1) is 0 Å². The number of nitrogens with zero attached hydrogens (tertiary/aromatic N) is 4. The van der Waals surface area contributed by atoms with Gasteiger partial charge in [-0.25, -0.2) is 55.3 Å². The molecule has 0 bridgehead atoms. The highest BCUT2D eigenvalue weighted by Crippen LogP contribution is 2.36. The van der Waals surface area contributed by atoms with Gasteiger partial charge in [0.15, 0.2) is 0 Å². The van der Waals surface area contributed by atoms with E-state index in [-0.39, 0.29) is 57.7 Å². The maximum atomic E-state index is 13.4. The van der Waals surface area contributed by atoms with E-state index in [9.17, 15) is 102 Å². The van der Waals surface area contributed by atoms with Crippen LogP contribution in [0.2, 0.25) is 0 Å². The molecule has 0 saturated heterocycles. The number of amides is 6. The first kappa shape index (κ1) is 61.2. The standard InChI is InChI=1S/C45H40N10O23S6/c1-52-17-23(41(56)46-31-7-21-5-27(79(61,62)63)13-33(81(67,68)69)29(21)15-35(31)83(73,74)75)9-37(52)48-43(58)25-11-39(54(3)19-25)50-45(60)51-40-12-26(20-55(40)4)44(59)49-38-10-24(18-53(38)2)42(57)47-32-8-22-6-28(80(64,65)66)14-34(82(70,71)72)30(22)16-36(32)84(76,77)78/h5-20H,1-4H3,(H,46,56)(H,47,57)(H,48,58)(H,49,59)(H2,50,51,60)(H,61,62,63)(H,64,65,66)(H,67,68,69)(H,70,71,72)(H,73,74,75)(H,76,77,78)/p-6. The smallest absolute Gasteiger partial charge is 0.325 e. The Morgan fingerprint density at radius 1 is 0.321 bits per heavy atom. The van der Waals surface area contributed by atoms with E-state index in [1.54, 1.807) is 0 Å². The first-order valence-corrected chi connectivity index (χ1v) is 31.0. The van der Waals surface area contributed by atoms with E-state index in [1.165, 1.54) is 71.0 Å². The molecule has 0 aliphatic heterocycles. The molecule has 39 heteroatoms. The molecular formula is C45H34N10O23S6-6. The van der Waals surface area contributed by atoms with Crippen LogP contribution >= 0.6 is 0 Å². The Balaban J connectivity index is 0.920. The fourth-order valence-electron chi connectivity index (χ4n) is 8.26. The molecule has 84 heavy (non-hydrogen) atoms. The fraction of sp³-hybridized carbons (Fsp3) is 0.0889. The molecule has 0 aliphatic carbocycles. The van der Waals surface area contributed by atoms with Crippen LogP contribution in [0, 0.1) is 0 Å². The summed E-state index contributed by atoms with van der Waals surface area (Å²) >= 11 is 0. The van der Waals surface area contributed by atoms with E-state index in [2.05, 4.69) is 31.9 Å². The molecule has 444 valence electrons. The number of carbonyl (C=O) groups is 5. The number of aromatic nitrogens is 4. The lowest BCUT2D eigenvalue weighted by Crippen LogP contribution is -2.22. The minimum atomic E-state index is -5.59. The van der Waals surface area contributed by atoms with Gasteiger partial charge in [0.2, 0.25) is 0 Å². The lowest BCUT2D eigenvalue weighted by molar-refractivity contribution is 0.101. The number of urea groups is 1. The first-order chi connectivity index (χ1) is 38.6. The Labute approximate surface area is 473 Å². The Bertz CT molecular complexity index is 4640. The van der Waals surface area contributed by atoms with Crippen molar-refractivity contribution in [3.05, 3.63) is 120 Å². The summed E-state index contributed by atoms with van der Waals surface area (Å²) in [6.45, 7) is 0. The van der Waals surface area contributed by atoms with Gasteiger partial charge in [-0.3, -0.25) is 29.8 Å². The van der Waals surface area contributed by atoms with Gasteiger partial charge in [0.25, 0.3) is 23.6 Å². The topological polar surface area (TPSA) is 520 Å². The number of anilines is 6. The third kappa shape index (κ3) is 13.0. The fourth-order valence-corrected chi connectivity index (χ4v) is 12.2. The van der Waals surface area contributed by atoms with Gasteiger partial charge in [-0.05, 0) is 83.6 Å². The van der Waals surface area contributed by atoms with Crippen molar-refractivity contribution in [1.29, 1.82) is 0 Å². The van der Waals surface area contributed by atoms with Crippen LogP contribution in [0.1, 0.15) is 41.4 Å². The Kier molecular flexibility index (Phi) is 15.6. The molecule has 6 amide bonds. The second-order valence-corrected chi connectivity index (χ2v) is 26.2. The third-order valence-corrected chi connectivity index (χ3v) is 17.3. The van der Waals surface area contributed by atoms with Crippen LogP contribution in [0.15, 0.2) is 127 Å². The first-order valence-electron chi connectivity index (χ1n) is 22.5. The molecule has 0 saturated carbocycles. The van der Waals surface area contributed by atoms with Crippen LogP contribution in [0.3, 0.4) is 0 Å². The number of fused-ring (bicyclic) bond motifs is 2. The van der Waals surface area contributed by atoms with Crippen molar-refractivity contribution in [3.63, 3.8) is 0 Å². The van der Waals surface area contributed by atoms with Gasteiger partial charge >= 0.3 is 6.03 Å². The number of hydrogen-bond donors (Lipinski definition) is 6. The number of benzene rings is 4. The highest BCUT2D eigenvalue weighted by Gasteiger charge is 2.25. The maximum absolute atomic E-state index is 13.4. The molecule has 8 aromatic rings. The molecule has 8 rings (SSSR count). The summed E-state index contributed by atoms with van der Waals surface area (Å²) in [4.78, 5) is 59.4. The Hall–Kier alpha value is -8.87. The van der Waals surface area contributed by atoms with Gasteiger partial charge < -0.3 is 66.9 Å². The highest BCUT2D eigenvalue weighted by atomic mass is 32.2. The summed E-state index contributed by atoms with van der Waals surface area (Å²) in [5.74, 6) is -3.90. The van der Waals surface area contributed by atoms with E-state index >= 15 is 0 Å². The minimum Gasteiger partial charge on any atom is -0.744 e. The molecule has 4 aromatic heterocycles. The average molecular weight is 1280 g/mol. The van der Waals surface area contributed by atoms with Crippen molar-refractivity contribution < 1.29 is 102 Å². The summed E-state index contributed by atoms with van der Waals surface area (Å²) < 4.78 is 221. The second kappa shape index (κ2) is 21.4. The van der Waals surface area contributed by atoms with Crippen molar-refractivity contribution in [3.8, 4) is 0 Å². The van der Waals surface area contributed by atoms with Gasteiger partial charge in [0, 0.05) is 63.8 Å². The lowest BCUT2D eigenvalue weighted by Gasteiger charge is -2.19. The highest BCUT2D eigenvalue weighted by molar-refractivity contribution is 7.87. The molecule has 6 N–H and O–H groups in total. The minimum absolute atomic E-state index is 0.0407. The summed E-state index contributed by atoms with van der Waals surface area (Å²) in [6, 6.07) is 7.50. The summed E-state index contributed by atoms with van der Waals surface area (Å²) in [5.41, 5.74) is -2.31. The zero-order valence-corrected chi connectivity index (χ0v) is 47.3. The number of carbonyl (C=O) groups excluding carboxylic acids is 5. The van der Waals surface area contributed by atoms with Gasteiger partial charge in [0.05, 0.1) is 63.0 Å². The predicted octanol–water partition coefficient (Wildman–Crippen LogP) is 1.42. The van der Waals surface area contributed by atoms with Crippen LogP contribution in [0.5, 0.6) is 0 Å². The van der Waals surface area contributed by atoms with Crippen molar-refractivity contribution in [2.24, 2.45) is 28.2 Å². The normalized spacial score (nSPS) is 12.5. The van der Waals surface area contributed by atoms with E-state index < -0.39 is 153 Å². The molecule has 4 aromatic carbocycles. The summed E-state index contributed by atoms with van der Waals surface area (Å²) in [5, 5.41) is 11.7. The predicted molar refractivity (Wildman–Crippen MR) is 282 cm³/mol. The monoisotopic (exact) mass is 1270 g/mol. The Morgan fingerprint density at radius 2 is 0.583 bits per heavy atom. The van der Waals surface area contributed by atoms with Gasteiger partial charge in [0.1, 0.15) is 84.0 Å². The van der Waals surface area contributed by atoms with Crippen LogP contribution in [0.25, 0.3) is 21.5 Å². The third-order valence-electron chi connectivity index (χ3n) is 12.2. The van der Waals surface area contributed by atoms with E-state index in [4.69, 9.17) is 0 Å². The van der Waals surface area contributed by atoms with Crippen LogP contribution in [0.4, 0.5) is 39.4 Å². The second-order valence-electron chi connectivity index (χ2n) is 18.0. The molecule has 0 atom stereocenters. The molecular weight excluding hydrogens is 1240 g/mol. The van der Waals surface area contributed by atoms with Crippen molar-refractivity contribution in [1.82, 2.24) is 18.3 Å². The number of rotatable bonds is 16. The molecule has 4 heterocycles. The van der Waals surface area contributed by atoms with Crippen molar-refractivity contribution in [2.45, 2.75) is 29.4 Å². The molecule has 0 radical (unpaired) electrons. The molecule has 0 fully saturated rings. The van der Waals surface area contributed by atoms with E-state index in [1.807, 2.05) is 0 Å². The van der Waals surface area contributed by atoms with Crippen molar-refractivity contribution in [2.75, 3.05) is 31.9 Å².